The summed E-state index contributed by atoms with van der Waals surface area (Å²) in [6.07, 6.45) is 0. The maximum atomic E-state index is 12.3. The van der Waals surface area contributed by atoms with Crippen molar-refractivity contribution in [2.24, 2.45) is 5.73 Å². The average Bonchev–Trinajstić information content (AvgIpc) is 2.97. The van der Waals surface area contributed by atoms with Crippen LogP contribution in [0.4, 0.5) is 0 Å². The van der Waals surface area contributed by atoms with E-state index in [1.54, 1.807) is 30.1 Å². The van der Waals surface area contributed by atoms with Crippen molar-refractivity contribution < 1.29 is 9.53 Å². The number of likely N-dealkylation sites (N-methyl/N-ethyl adjacent to an activating group) is 1. The predicted octanol–water partition coefficient (Wildman–Crippen LogP) is 2.16. The van der Waals surface area contributed by atoms with Crippen molar-refractivity contribution in [3.05, 3.63) is 22.4 Å². The van der Waals surface area contributed by atoms with Gasteiger partial charge in [-0.1, -0.05) is 6.07 Å². The molecule has 23 heavy (non-hydrogen) atoms. The van der Waals surface area contributed by atoms with Crippen LogP contribution in [-0.2, 0) is 9.53 Å². The van der Waals surface area contributed by atoms with Crippen LogP contribution >= 0.6 is 36.2 Å². The second kappa shape index (κ2) is 9.81. The third-order valence-corrected chi connectivity index (χ3v) is 4.68. The highest BCUT2D eigenvalue weighted by atomic mass is 35.5. The van der Waals surface area contributed by atoms with E-state index in [4.69, 9.17) is 10.5 Å². The lowest BCUT2D eigenvalue weighted by atomic mass is 10.0. The van der Waals surface area contributed by atoms with Crippen LogP contribution in [0.2, 0.25) is 0 Å². The number of ether oxygens (including phenoxy) is 1. The zero-order chi connectivity index (χ0) is 15.5. The van der Waals surface area contributed by atoms with Crippen LogP contribution in [0.1, 0.15) is 24.8 Å². The van der Waals surface area contributed by atoms with Gasteiger partial charge in [-0.2, -0.15) is 0 Å². The van der Waals surface area contributed by atoms with Crippen molar-refractivity contribution in [1.82, 2.24) is 9.80 Å². The Morgan fingerprint density at radius 1 is 1.43 bits per heavy atom. The standard InChI is InChI=1S/C15H25N3O2S.2ClH/c1-15(2,16)14(19)17(3)11-12(13-5-4-10-21-13)18-6-8-20-9-7-18;;/h4-5,10,12H,6-9,11,16H2,1-3H3;2*1H. The van der Waals surface area contributed by atoms with Crippen LogP contribution in [0.25, 0.3) is 0 Å². The van der Waals surface area contributed by atoms with E-state index >= 15 is 0 Å². The Balaban J connectivity index is 0.00000242. The first-order chi connectivity index (χ1) is 9.89. The highest BCUT2D eigenvalue weighted by molar-refractivity contribution is 7.10. The highest BCUT2D eigenvalue weighted by Gasteiger charge is 2.30. The highest BCUT2D eigenvalue weighted by Crippen LogP contribution is 2.27. The number of amides is 1. The Morgan fingerprint density at radius 3 is 2.52 bits per heavy atom. The van der Waals surface area contributed by atoms with Gasteiger partial charge in [0.1, 0.15) is 0 Å². The quantitative estimate of drug-likeness (QED) is 0.845. The first kappa shape index (κ1) is 22.6. The number of nitrogens with two attached hydrogens (primary N) is 1. The fourth-order valence-electron chi connectivity index (χ4n) is 2.59. The number of hydrogen-bond acceptors (Lipinski definition) is 5. The van der Waals surface area contributed by atoms with Crippen LogP contribution in [0.5, 0.6) is 0 Å². The monoisotopic (exact) mass is 383 g/mol. The van der Waals surface area contributed by atoms with Gasteiger partial charge in [-0.3, -0.25) is 9.69 Å². The largest absolute Gasteiger partial charge is 0.379 e. The maximum Gasteiger partial charge on any atom is 0.241 e. The van der Waals surface area contributed by atoms with Gasteiger partial charge in [0.05, 0.1) is 24.8 Å². The first-order valence-corrected chi connectivity index (χ1v) is 8.17. The molecule has 5 nitrogen and oxygen atoms in total. The number of rotatable bonds is 5. The smallest absolute Gasteiger partial charge is 0.241 e. The number of halogens is 2. The molecule has 0 saturated carbocycles. The van der Waals surface area contributed by atoms with E-state index in [9.17, 15) is 4.79 Å². The van der Waals surface area contributed by atoms with Gasteiger partial charge in [-0.25, -0.2) is 0 Å². The van der Waals surface area contributed by atoms with Crippen molar-refractivity contribution in [2.45, 2.75) is 25.4 Å². The molecule has 2 N–H and O–H groups in total. The normalized spacial score (nSPS) is 16.9. The minimum absolute atomic E-state index is 0. The molecular formula is C15H27Cl2N3O2S. The molecule has 1 fully saturated rings. The molecule has 1 unspecified atom stereocenters. The summed E-state index contributed by atoms with van der Waals surface area (Å²) < 4.78 is 5.44. The van der Waals surface area contributed by atoms with E-state index in [0.717, 1.165) is 26.3 Å². The van der Waals surface area contributed by atoms with E-state index in [1.165, 1.54) is 4.88 Å². The van der Waals surface area contributed by atoms with E-state index in [2.05, 4.69) is 22.4 Å². The molecule has 2 rings (SSSR count). The molecule has 0 aromatic carbocycles. The SMILES string of the molecule is CN(CC(c1cccs1)N1CCOCC1)C(=O)C(C)(C)N.Cl.Cl. The van der Waals surface area contributed by atoms with Crippen LogP contribution in [0.3, 0.4) is 0 Å². The number of morpholine rings is 1. The lowest BCUT2D eigenvalue weighted by Gasteiger charge is -2.37. The number of thiophene rings is 1. The molecule has 1 atom stereocenters. The number of nitrogens with zero attached hydrogens (tertiary/aromatic N) is 2. The van der Waals surface area contributed by atoms with Crippen molar-refractivity contribution in [3.63, 3.8) is 0 Å². The van der Waals surface area contributed by atoms with Gasteiger partial charge < -0.3 is 15.4 Å². The summed E-state index contributed by atoms with van der Waals surface area (Å²) in [5.41, 5.74) is 5.10. The molecule has 1 aliphatic heterocycles. The summed E-state index contributed by atoms with van der Waals surface area (Å²) in [6.45, 7) is 7.46. The third-order valence-electron chi connectivity index (χ3n) is 3.70. The molecule has 0 radical (unpaired) electrons. The molecule has 0 bridgehead atoms. The second-order valence-electron chi connectivity index (χ2n) is 6.09. The second-order valence-corrected chi connectivity index (χ2v) is 7.07. The van der Waals surface area contributed by atoms with E-state index < -0.39 is 5.54 Å². The zero-order valence-electron chi connectivity index (χ0n) is 13.9. The lowest BCUT2D eigenvalue weighted by Crippen LogP contribution is -2.52. The lowest BCUT2D eigenvalue weighted by molar-refractivity contribution is -0.135. The molecule has 2 heterocycles. The van der Waals surface area contributed by atoms with Gasteiger partial charge >= 0.3 is 0 Å². The molecule has 0 aliphatic carbocycles. The number of carbonyl (C=O) groups is 1. The van der Waals surface area contributed by atoms with Gasteiger partial charge in [-0.15, -0.1) is 36.2 Å². The van der Waals surface area contributed by atoms with Gasteiger partial charge in [0.2, 0.25) is 5.91 Å². The summed E-state index contributed by atoms with van der Waals surface area (Å²) in [4.78, 5) is 17.7. The molecule has 1 amide bonds. The first-order valence-electron chi connectivity index (χ1n) is 7.29. The maximum absolute atomic E-state index is 12.3. The summed E-state index contributed by atoms with van der Waals surface area (Å²) in [7, 11) is 1.83. The third kappa shape index (κ3) is 6.21. The molecule has 8 heteroatoms. The summed E-state index contributed by atoms with van der Waals surface area (Å²) in [5, 5.41) is 2.08. The minimum atomic E-state index is -0.834. The molecule has 1 saturated heterocycles. The number of hydrogen-bond donors (Lipinski definition) is 1. The Bertz CT molecular complexity index is 460. The van der Waals surface area contributed by atoms with E-state index in [1.807, 2.05) is 7.05 Å². The topological polar surface area (TPSA) is 58.8 Å². The van der Waals surface area contributed by atoms with Gasteiger partial charge in [-0.05, 0) is 25.3 Å². The van der Waals surface area contributed by atoms with Crippen molar-refractivity contribution in [3.8, 4) is 0 Å². The predicted molar refractivity (Wildman–Crippen MR) is 99.9 cm³/mol. The molecular weight excluding hydrogens is 357 g/mol. The Morgan fingerprint density at radius 2 is 2.04 bits per heavy atom. The van der Waals surface area contributed by atoms with Gasteiger partial charge in [0.25, 0.3) is 0 Å². The van der Waals surface area contributed by atoms with Crippen LogP contribution < -0.4 is 5.73 Å². The summed E-state index contributed by atoms with van der Waals surface area (Å²) in [6, 6.07) is 4.41. The zero-order valence-corrected chi connectivity index (χ0v) is 16.3. The Hall–Kier alpha value is -0.370. The van der Waals surface area contributed by atoms with Crippen molar-refractivity contribution in [1.29, 1.82) is 0 Å². The number of carbonyl (C=O) groups excluding carboxylic acids is 1. The Kier molecular flexibility index (Phi) is 9.65. The molecule has 0 spiro atoms. The summed E-state index contributed by atoms with van der Waals surface area (Å²) in [5.74, 6) is -0.0303. The van der Waals surface area contributed by atoms with Crippen molar-refractivity contribution >= 4 is 42.1 Å². The fraction of sp³-hybridized carbons (Fsp3) is 0.667. The molecule has 1 aliphatic rings. The van der Waals surface area contributed by atoms with E-state index in [0.29, 0.717) is 6.54 Å². The molecule has 134 valence electrons. The Labute approximate surface area is 155 Å². The summed E-state index contributed by atoms with van der Waals surface area (Å²) >= 11 is 1.73. The minimum Gasteiger partial charge on any atom is -0.379 e. The van der Waals surface area contributed by atoms with Crippen LogP contribution in [0, 0.1) is 0 Å². The van der Waals surface area contributed by atoms with Crippen LogP contribution in [-0.4, -0.2) is 61.1 Å². The van der Waals surface area contributed by atoms with Gasteiger partial charge in [0, 0.05) is 31.6 Å². The fourth-order valence-corrected chi connectivity index (χ4v) is 3.44. The van der Waals surface area contributed by atoms with Gasteiger partial charge in [0.15, 0.2) is 0 Å². The molecule has 1 aromatic heterocycles. The average molecular weight is 384 g/mol. The van der Waals surface area contributed by atoms with Crippen molar-refractivity contribution in [2.75, 3.05) is 39.9 Å². The molecule has 1 aromatic rings. The van der Waals surface area contributed by atoms with E-state index in [-0.39, 0.29) is 36.8 Å². The van der Waals surface area contributed by atoms with Crippen LogP contribution in [0.15, 0.2) is 17.5 Å².